The molecule has 2 aliphatic heterocycles. The van der Waals surface area contributed by atoms with E-state index in [1.54, 1.807) is 12.3 Å². The number of anilines is 2. The van der Waals surface area contributed by atoms with Gasteiger partial charge in [0.1, 0.15) is 11.6 Å². The molecule has 0 aromatic carbocycles. The van der Waals surface area contributed by atoms with E-state index in [4.69, 9.17) is 21.3 Å². The van der Waals surface area contributed by atoms with Gasteiger partial charge in [-0.1, -0.05) is 40.3 Å². The summed E-state index contributed by atoms with van der Waals surface area (Å²) in [5.41, 5.74) is 1.50. The van der Waals surface area contributed by atoms with Gasteiger partial charge in [-0.2, -0.15) is 0 Å². The Morgan fingerprint density at radius 3 is 2.82 bits per heavy atom. The van der Waals surface area contributed by atoms with Gasteiger partial charge in [-0.05, 0) is 68.3 Å². The zero-order valence-corrected chi connectivity index (χ0v) is 21.6. The smallest absolute Gasteiger partial charge is 0.225 e. The molecule has 33 heavy (non-hydrogen) atoms. The summed E-state index contributed by atoms with van der Waals surface area (Å²) in [6, 6.07) is 7.65. The molecule has 2 atom stereocenters. The number of piperidine rings is 1. The quantitative estimate of drug-likeness (QED) is 0.310. The van der Waals surface area contributed by atoms with Crippen molar-refractivity contribution in [1.82, 2.24) is 15.3 Å². The number of nitrogens with zero attached hydrogens (tertiary/aromatic N) is 2. The SMILES string of the molecule is O=C(CC1CNC[C@H](CI)C1)Nc1cc(-c2cccc(NCC3CCOCC3)n2)c(Cl)cn1. The Morgan fingerprint density at radius 1 is 1.18 bits per heavy atom. The first-order chi connectivity index (χ1) is 16.1. The number of hydrogen-bond acceptors (Lipinski definition) is 6. The molecule has 2 fully saturated rings. The van der Waals surface area contributed by atoms with Crippen molar-refractivity contribution >= 4 is 51.7 Å². The van der Waals surface area contributed by atoms with Crippen molar-refractivity contribution in [3.8, 4) is 11.3 Å². The zero-order chi connectivity index (χ0) is 23.0. The van der Waals surface area contributed by atoms with Gasteiger partial charge in [-0.15, -0.1) is 0 Å². The van der Waals surface area contributed by atoms with Gasteiger partial charge in [0.15, 0.2) is 0 Å². The average molecular weight is 584 g/mol. The van der Waals surface area contributed by atoms with Gasteiger partial charge in [-0.3, -0.25) is 4.79 Å². The second-order valence-corrected chi connectivity index (χ2v) is 10.2. The summed E-state index contributed by atoms with van der Waals surface area (Å²) in [4.78, 5) is 21.7. The Bertz CT molecular complexity index is 941. The van der Waals surface area contributed by atoms with Crippen LogP contribution in [-0.2, 0) is 9.53 Å². The number of hydrogen-bond donors (Lipinski definition) is 3. The summed E-state index contributed by atoms with van der Waals surface area (Å²) in [7, 11) is 0. The van der Waals surface area contributed by atoms with Crippen LogP contribution in [0.25, 0.3) is 11.3 Å². The predicted octanol–water partition coefficient (Wildman–Crippen LogP) is 4.62. The molecular weight excluding hydrogens is 553 g/mol. The molecule has 178 valence electrons. The summed E-state index contributed by atoms with van der Waals surface area (Å²) in [6.45, 7) is 4.46. The fraction of sp³-hybridized carbons (Fsp3) is 0.542. The van der Waals surface area contributed by atoms with E-state index in [2.05, 4.69) is 43.5 Å². The Labute approximate surface area is 214 Å². The molecule has 0 aliphatic carbocycles. The van der Waals surface area contributed by atoms with E-state index in [0.717, 1.165) is 73.6 Å². The fourth-order valence-corrected chi connectivity index (χ4v) is 5.32. The summed E-state index contributed by atoms with van der Waals surface area (Å²) < 4.78 is 6.55. The Hall–Kier alpha value is -1.49. The van der Waals surface area contributed by atoms with Crippen LogP contribution >= 0.6 is 34.2 Å². The van der Waals surface area contributed by atoms with Crippen LogP contribution in [0, 0.1) is 17.8 Å². The summed E-state index contributed by atoms with van der Waals surface area (Å²) in [5.74, 6) is 2.88. The van der Waals surface area contributed by atoms with Gasteiger partial charge in [0.25, 0.3) is 0 Å². The van der Waals surface area contributed by atoms with Crippen molar-refractivity contribution in [3.05, 3.63) is 35.5 Å². The largest absolute Gasteiger partial charge is 0.381 e. The van der Waals surface area contributed by atoms with Gasteiger partial charge in [-0.25, -0.2) is 9.97 Å². The monoisotopic (exact) mass is 583 g/mol. The van der Waals surface area contributed by atoms with Crippen LogP contribution in [0.5, 0.6) is 0 Å². The van der Waals surface area contributed by atoms with Gasteiger partial charge in [0.2, 0.25) is 5.91 Å². The molecule has 1 amide bonds. The molecule has 0 saturated carbocycles. The standard InChI is InChI=1S/C24H31ClIN5O2/c25-20-15-29-23(31-24(32)9-17-8-18(11-26)13-27-12-17)10-19(20)21-2-1-3-22(30-21)28-14-16-4-6-33-7-5-16/h1-3,10,15-18,27H,4-9,11-14H2,(H,28,30)(H,29,31,32)/t17?,18-/m0/s1. The highest BCUT2D eigenvalue weighted by Gasteiger charge is 2.23. The van der Waals surface area contributed by atoms with Crippen LogP contribution < -0.4 is 16.0 Å². The van der Waals surface area contributed by atoms with Crippen LogP contribution in [0.3, 0.4) is 0 Å². The van der Waals surface area contributed by atoms with E-state index in [-0.39, 0.29) is 5.91 Å². The molecule has 4 heterocycles. The molecule has 7 nitrogen and oxygen atoms in total. The topological polar surface area (TPSA) is 88.2 Å². The number of alkyl halides is 1. The van der Waals surface area contributed by atoms with Gasteiger partial charge in [0.05, 0.1) is 10.7 Å². The third kappa shape index (κ3) is 7.24. The van der Waals surface area contributed by atoms with E-state index >= 15 is 0 Å². The van der Waals surface area contributed by atoms with Crippen LogP contribution in [-0.4, -0.2) is 53.2 Å². The molecule has 1 unspecified atom stereocenters. The number of carbonyl (C=O) groups is 1. The zero-order valence-electron chi connectivity index (χ0n) is 18.7. The number of aromatic nitrogens is 2. The van der Waals surface area contributed by atoms with Crippen molar-refractivity contribution in [2.45, 2.75) is 25.7 Å². The van der Waals surface area contributed by atoms with E-state index in [1.807, 2.05) is 18.2 Å². The molecule has 2 aliphatic rings. The van der Waals surface area contributed by atoms with Crippen LogP contribution in [0.2, 0.25) is 5.02 Å². The molecule has 0 radical (unpaired) electrons. The highest BCUT2D eigenvalue weighted by atomic mass is 127. The average Bonchev–Trinajstić information content (AvgIpc) is 2.85. The molecule has 2 aromatic rings. The Morgan fingerprint density at radius 2 is 2.00 bits per heavy atom. The van der Waals surface area contributed by atoms with Crippen molar-refractivity contribution in [3.63, 3.8) is 0 Å². The molecule has 0 bridgehead atoms. The molecule has 3 N–H and O–H groups in total. The number of halogens is 2. The number of ether oxygens (including phenoxy) is 1. The fourth-order valence-electron chi connectivity index (χ4n) is 4.44. The third-order valence-corrected chi connectivity index (χ3v) is 7.83. The summed E-state index contributed by atoms with van der Waals surface area (Å²) >= 11 is 8.87. The Balaban J connectivity index is 1.39. The summed E-state index contributed by atoms with van der Waals surface area (Å²) in [6.07, 6.45) is 5.29. The van der Waals surface area contributed by atoms with Crippen molar-refractivity contribution in [2.75, 3.05) is 47.9 Å². The molecule has 4 rings (SSSR count). The molecule has 2 saturated heterocycles. The van der Waals surface area contributed by atoms with Crippen molar-refractivity contribution < 1.29 is 9.53 Å². The number of nitrogens with one attached hydrogen (secondary N) is 3. The normalized spacial score (nSPS) is 21.5. The van der Waals surface area contributed by atoms with E-state index in [1.165, 1.54) is 0 Å². The number of amides is 1. The molecule has 2 aromatic heterocycles. The first-order valence-corrected chi connectivity index (χ1v) is 13.5. The number of carbonyl (C=O) groups excluding carboxylic acids is 1. The molecule has 9 heteroatoms. The third-order valence-electron chi connectivity index (χ3n) is 6.29. The Kier molecular flexibility index (Phi) is 9.17. The van der Waals surface area contributed by atoms with Gasteiger partial charge in [0, 0.05) is 42.4 Å². The maximum absolute atomic E-state index is 12.6. The van der Waals surface area contributed by atoms with E-state index < -0.39 is 0 Å². The van der Waals surface area contributed by atoms with Crippen molar-refractivity contribution in [1.29, 1.82) is 0 Å². The number of rotatable bonds is 8. The minimum Gasteiger partial charge on any atom is -0.381 e. The summed E-state index contributed by atoms with van der Waals surface area (Å²) in [5, 5.41) is 10.3. The minimum atomic E-state index is -0.0171. The minimum absolute atomic E-state index is 0.0171. The molecule has 0 spiro atoms. The second-order valence-electron chi connectivity index (χ2n) is 8.93. The lowest BCUT2D eigenvalue weighted by atomic mass is 9.89. The first-order valence-electron chi connectivity index (χ1n) is 11.6. The van der Waals surface area contributed by atoms with Crippen LogP contribution in [0.15, 0.2) is 30.5 Å². The maximum Gasteiger partial charge on any atom is 0.225 e. The molecular formula is C24H31ClIN5O2. The van der Waals surface area contributed by atoms with Gasteiger partial charge >= 0.3 is 0 Å². The van der Waals surface area contributed by atoms with E-state index in [0.29, 0.717) is 35.0 Å². The number of pyridine rings is 2. The highest BCUT2D eigenvalue weighted by Crippen LogP contribution is 2.29. The van der Waals surface area contributed by atoms with Gasteiger partial charge < -0.3 is 20.7 Å². The first kappa shape index (κ1) is 24.6. The lowest BCUT2D eigenvalue weighted by molar-refractivity contribution is -0.117. The lowest BCUT2D eigenvalue weighted by Crippen LogP contribution is -2.38. The van der Waals surface area contributed by atoms with Crippen LogP contribution in [0.1, 0.15) is 25.7 Å². The maximum atomic E-state index is 12.6. The second kappa shape index (κ2) is 12.3. The van der Waals surface area contributed by atoms with Crippen molar-refractivity contribution in [2.24, 2.45) is 17.8 Å². The highest BCUT2D eigenvalue weighted by molar-refractivity contribution is 14.1. The van der Waals surface area contributed by atoms with E-state index in [9.17, 15) is 4.79 Å². The lowest BCUT2D eigenvalue weighted by Gasteiger charge is -2.28. The predicted molar refractivity (Wildman–Crippen MR) is 141 cm³/mol. The van der Waals surface area contributed by atoms with Crippen LogP contribution in [0.4, 0.5) is 11.6 Å².